The van der Waals surface area contributed by atoms with Crippen LogP contribution in [0.2, 0.25) is 0 Å². The first kappa shape index (κ1) is 27.6. The highest BCUT2D eigenvalue weighted by molar-refractivity contribution is 7.97. The van der Waals surface area contributed by atoms with Crippen molar-refractivity contribution in [3.05, 3.63) is 0 Å². The van der Waals surface area contributed by atoms with Crippen LogP contribution < -0.4 is 26.6 Å². The van der Waals surface area contributed by atoms with Gasteiger partial charge >= 0.3 is 6.18 Å². The molecule has 2 saturated carbocycles. The lowest BCUT2D eigenvalue weighted by Gasteiger charge is -2.43. The summed E-state index contributed by atoms with van der Waals surface area (Å²) in [7, 11) is -3.06. The van der Waals surface area contributed by atoms with Gasteiger partial charge in [0.05, 0.1) is 6.26 Å². The lowest BCUT2D eigenvalue weighted by molar-refractivity contribution is -0.199. The van der Waals surface area contributed by atoms with Crippen molar-refractivity contribution in [3.8, 4) is 0 Å². The van der Waals surface area contributed by atoms with E-state index in [2.05, 4.69) is 31.5 Å². The van der Waals surface area contributed by atoms with Crippen LogP contribution in [-0.2, 0) is 19.2 Å². The van der Waals surface area contributed by atoms with Crippen LogP contribution in [0.15, 0.2) is 0 Å². The highest BCUT2D eigenvalue weighted by Crippen LogP contribution is 2.27. The van der Waals surface area contributed by atoms with Crippen LogP contribution in [0.1, 0.15) is 64.2 Å². The minimum absolute atomic E-state index is 0.0641. The van der Waals surface area contributed by atoms with Crippen LogP contribution >= 0.6 is 0 Å². The molecule has 2 saturated heterocycles. The molecule has 2 aliphatic carbocycles. The number of ether oxygens (including phenoxy) is 1. The molecule has 4 rings (SSSR count). The minimum Gasteiger partial charge on any atom is -0.615 e. The molecule has 4 aliphatic rings. The van der Waals surface area contributed by atoms with E-state index in [1.54, 1.807) is 0 Å². The normalized spacial score (nSPS) is 39.4. The Bertz CT molecular complexity index is 715. The molecule has 9 nitrogen and oxygen atoms in total. The lowest BCUT2D eigenvalue weighted by Crippen LogP contribution is -2.76. The van der Waals surface area contributed by atoms with Crippen LogP contribution in [0.4, 0.5) is 13.2 Å². The lowest BCUT2D eigenvalue weighted by atomic mass is 9.90. The third kappa shape index (κ3) is 8.57. The first-order valence-electron chi connectivity index (χ1n) is 13.0. The van der Waals surface area contributed by atoms with Crippen LogP contribution in [-0.4, -0.2) is 83.9 Å². The molecule has 5 N–H and O–H groups in total. The maximum Gasteiger partial charge on any atom is 0.411 e. The number of alkyl halides is 3. The SMILES string of the molecule is C[S+](=O)([O-])C1CCC(NC2NC(NC3CCCC(N4CCCC4)C3)NC(OCC(F)(F)F)N2)CC1. The van der Waals surface area contributed by atoms with Crippen molar-refractivity contribution in [2.24, 2.45) is 0 Å². The number of nitrogens with zero attached hydrogens (tertiary/aromatic N) is 1. The number of sulfone groups is 1. The van der Waals surface area contributed by atoms with Crippen LogP contribution in [0, 0.1) is 0 Å². The Labute approximate surface area is 207 Å². The number of nitrogens with one attached hydrogen (secondary N) is 5. The number of halogens is 3. The molecule has 0 aromatic heterocycles. The molecule has 2 heterocycles. The van der Waals surface area contributed by atoms with E-state index < -0.39 is 41.9 Å². The Morgan fingerprint density at radius 3 is 2.17 bits per heavy atom. The molecule has 0 radical (unpaired) electrons. The maximum absolute atomic E-state index is 12.8. The van der Waals surface area contributed by atoms with E-state index in [9.17, 15) is 21.9 Å². The van der Waals surface area contributed by atoms with Gasteiger partial charge in [0.25, 0.3) is 0 Å². The number of rotatable bonds is 8. The second-order valence-electron chi connectivity index (χ2n) is 10.6. The molecule has 2 aliphatic heterocycles. The highest BCUT2D eigenvalue weighted by Gasteiger charge is 2.37. The topological polar surface area (TPSA) is 113 Å². The van der Waals surface area contributed by atoms with E-state index in [-0.39, 0.29) is 17.3 Å². The van der Waals surface area contributed by atoms with Gasteiger partial charge in [-0.25, -0.2) is 0 Å². The third-order valence-corrected chi connectivity index (χ3v) is 9.45. The van der Waals surface area contributed by atoms with Gasteiger partial charge in [0.1, 0.15) is 24.4 Å². The number of hydrogen-bond acceptors (Lipinski definition) is 9. The summed E-state index contributed by atoms with van der Waals surface area (Å²) >= 11 is 0. The molecule has 13 heteroatoms. The molecule has 6 atom stereocenters. The summed E-state index contributed by atoms with van der Waals surface area (Å²) < 4.78 is 67.2. The van der Waals surface area contributed by atoms with Crippen molar-refractivity contribution in [1.82, 2.24) is 31.5 Å². The molecule has 35 heavy (non-hydrogen) atoms. The summed E-state index contributed by atoms with van der Waals surface area (Å²) in [6.45, 7) is 0.960. The Morgan fingerprint density at radius 2 is 1.57 bits per heavy atom. The van der Waals surface area contributed by atoms with Crippen molar-refractivity contribution < 1.29 is 26.7 Å². The van der Waals surface area contributed by atoms with Crippen LogP contribution in [0.3, 0.4) is 0 Å². The minimum atomic E-state index is -4.42. The highest BCUT2D eigenvalue weighted by atomic mass is 32.3. The van der Waals surface area contributed by atoms with E-state index in [1.165, 1.54) is 25.5 Å². The van der Waals surface area contributed by atoms with Gasteiger partial charge in [-0.3, -0.25) is 26.6 Å². The molecule has 204 valence electrons. The fourth-order valence-corrected chi connectivity index (χ4v) is 7.09. The molecule has 0 aromatic rings. The summed E-state index contributed by atoms with van der Waals surface area (Å²) in [4.78, 5) is 2.57. The number of hydrogen-bond donors (Lipinski definition) is 5. The number of likely N-dealkylation sites (tertiary alicyclic amines) is 1. The Morgan fingerprint density at radius 1 is 0.943 bits per heavy atom. The van der Waals surface area contributed by atoms with Crippen LogP contribution in [0.5, 0.6) is 0 Å². The third-order valence-electron chi connectivity index (χ3n) is 7.77. The quantitative estimate of drug-likeness (QED) is 0.299. The van der Waals surface area contributed by atoms with E-state index >= 15 is 0 Å². The zero-order valence-electron chi connectivity index (χ0n) is 20.4. The summed E-state index contributed by atoms with van der Waals surface area (Å²) in [5.74, 6) is 0. The van der Waals surface area contributed by atoms with Gasteiger partial charge in [-0.05, 0) is 70.9 Å². The fraction of sp³-hybridized carbons (Fsp3) is 1.00. The molecular weight excluding hydrogens is 485 g/mol. The Kier molecular flexibility index (Phi) is 9.47. The monoisotopic (exact) mass is 526 g/mol. The van der Waals surface area contributed by atoms with E-state index in [0.29, 0.717) is 31.7 Å². The Balaban J connectivity index is 1.32. The zero-order chi connectivity index (χ0) is 25.1. The predicted molar refractivity (Wildman–Crippen MR) is 127 cm³/mol. The molecule has 0 aromatic carbocycles. The van der Waals surface area contributed by atoms with E-state index in [4.69, 9.17) is 4.74 Å². The van der Waals surface area contributed by atoms with Crippen molar-refractivity contribution >= 4 is 10.2 Å². The summed E-state index contributed by atoms with van der Waals surface area (Å²) in [5.41, 5.74) is 0. The molecule has 4 fully saturated rings. The zero-order valence-corrected chi connectivity index (χ0v) is 21.3. The van der Waals surface area contributed by atoms with Gasteiger partial charge in [-0.15, -0.1) is 4.21 Å². The predicted octanol–water partition coefficient (Wildman–Crippen LogP) is 1.36. The summed E-state index contributed by atoms with van der Waals surface area (Å²) in [6, 6.07) is 0.877. The van der Waals surface area contributed by atoms with Crippen LogP contribution in [0.25, 0.3) is 0 Å². The standard InChI is InChI=1S/C22H41F3N6O3S/c1-35(32,33)18-9-7-15(8-10-18)26-19-28-20(30-21(29-19)34-14-22(23,24)25)27-16-5-4-6-17(13-16)31-11-2-3-12-31/h15-21,26-30H,2-14H2,1H3. The first-order valence-corrected chi connectivity index (χ1v) is 14.9. The van der Waals surface area contributed by atoms with Gasteiger partial charge in [0, 0.05) is 28.3 Å². The summed E-state index contributed by atoms with van der Waals surface area (Å²) in [6.07, 6.45) is 4.39. The van der Waals surface area contributed by atoms with E-state index in [1.807, 2.05) is 0 Å². The Hall–Kier alpha value is -0.380. The second-order valence-corrected chi connectivity index (χ2v) is 12.9. The van der Waals surface area contributed by atoms with Crippen molar-refractivity contribution in [3.63, 3.8) is 0 Å². The first-order chi connectivity index (χ1) is 16.5. The maximum atomic E-state index is 12.8. The average molecular weight is 527 g/mol. The largest absolute Gasteiger partial charge is 0.615 e. The van der Waals surface area contributed by atoms with Crippen molar-refractivity contribution in [2.75, 3.05) is 26.0 Å². The van der Waals surface area contributed by atoms with Gasteiger partial charge in [-0.2, -0.15) is 13.2 Å². The van der Waals surface area contributed by atoms with Gasteiger partial charge in [0.15, 0.2) is 6.35 Å². The van der Waals surface area contributed by atoms with Gasteiger partial charge < -0.3 is 14.2 Å². The molecule has 6 unspecified atom stereocenters. The molecule has 0 bridgehead atoms. The molecular formula is C22H41F3N6O3S. The average Bonchev–Trinajstić information content (AvgIpc) is 3.32. The second kappa shape index (κ2) is 12.0. The smallest absolute Gasteiger partial charge is 0.411 e. The van der Waals surface area contributed by atoms with Crippen molar-refractivity contribution in [1.29, 1.82) is 0 Å². The fourth-order valence-electron chi connectivity index (χ4n) is 5.96. The van der Waals surface area contributed by atoms with E-state index in [0.717, 1.165) is 32.4 Å². The van der Waals surface area contributed by atoms with Crippen molar-refractivity contribution in [2.45, 2.75) is 113 Å². The molecule has 0 spiro atoms. The summed E-state index contributed by atoms with van der Waals surface area (Å²) in [5, 5.41) is 16.1. The molecule has 0 amide bonds. The van der Waals surface area contributed by atoms with Gasteiger partial charge in [0.2, 0.25) is 0 Å². The van der Waals surface area contributed by atoms with Gasteiger partial charge in [-0.1, -0.05) is 6.42 Å².